The largest absolute Gasteiger partial charge is 0.455 e. The Bertz CT molecular complexity index is 2840. The van der Waals surface area contributed by atoms with Crippen LogP contribution in [-0.4, -0.2) is 15.0 Å². The highest BCUT2D eigenvalue weighted by Gasteiger charge is 2.19. The fourth-order valence-electron chi connectivity index (χ4n) is 7.13. The van der Waals surface area contributed by atoms with Gasteiger partial charge < -0.3 is 4.42 Å². The molecule has 4 nitrogen and oxygen atoms in total. The molecule has 0 amide bonds. The van der Waals surface area contributed by atoms with Crippen LogP contribution in [-0.2, 0) is 0 Å². The van der Waals surface area contributed by atoms with Crippen molar-refractivity contribution >= 4 is 43.5 Å². The second-order valence-corrected chi connectivity index (χ2v) is 12.8. The van der Waals surface area contributed by atoms with E-state index in [0.717, 1.165) is 60.5 Å². The van der Waals surface area contributed by atoms with Gasteiger partial charge in [0.05, 0.1) is 0 Å². The molecule has 0 fully saturated rings. The van der Waals surface area contributed by atoms with Gasteiger partial charge >= 0.3 is 0 Å². The zero-order valence-electron chi connectivity index (χ0n) is 27.5. The molecule has 0 saturated heterocycles. The van der Waals surface area contributed by atoms with E-state index in [1.165, 1.54) is 21.9 Å². The molecule has 0 aliphatic heterocycles. The molecule has 0 unspecified atom stereocenters. The van der Waals surface area contributed by atoms with Crippen molar-refractivity contribution < 1.29 is 4.42 Å². The maximum absolute atomic E-state index is 6.78. The standard InChI is InChI=1S/C47H29N3O/c1-3-12-33(13-4-1)45-48-46(34-14-5-2-6-15-34)50-47(49-45)38-25-26-40-42(29-38)51-44-39-18-10-9-17-37(39)28-41(43(40)44)32-22-19-31(20-23-32)36-24-21-30-11-7-8-16-35(30)27-36/h1-29H. The van der Waals surface area contributed by atoms with Gasteiger partial charge in [0.1, 0.15) is 11.2 Å². The fourth-order valence-corrected chi connectivity index (χ4v) is 7.13. The Morgan fingerprint density at radius 2 is 0.882 bits per heavy atom. The number of hydrogen-bond acceptors (Lipinski definition) is 4. The van der Waals surface area contributed by atoms with Crippen molar-refractivity contribution in [2.45, 2.75) is 0 Å². The molecule has 0 aliphatic rings. The lowest BCUT2D eigenvalue weighted by molar-refractivity contribution is 0.673. The normalized spacial score (nSPS) is 11.5. The molecule has 0 bridgehead atoms. The summed E-state index contributed by atoms with van der Waals surface area (Å²) in [6.45, 7) is 0. The van der Waals surface area contributed by atoms with Gasteiger partial charge in [0.15, 0.2) is 17.5 Å². The molecule has 0 aliphatic carbocycles. The van der Waals surface area contributed by atoms with E-state index in [1.54, 1.807) is 0 Å². The maximum Gasteiger partial charge on any atom is 0.164 e. The number of fused-ring (bicyclic) bond motifs is 6. The second kappa shape index (κ2) is 11.9. The highest BCUT2D eigenvalue weighted by molar-refractivity contribution is 6.21. The Hall–Kier alpha value is -6.91. The van der Waals surface area contributed by atoms with Gasteiger partial charge in [-0.2, -0.15) is 0 Å². The predicted octanol–water partition coefficient (Wildman–Crippen LogP) is 12.4. The first-order valence-corrected chi connectivity index (χ1v) is 17.1. The molecule has 0 N–H and O–H groups in total. The molecule has 238 valence electrons. The van der Waals surface area contributed by atoms with E-state index in [1.807, 2.05) is 60.7 Å². The lowest BCUT2D eigenvalue weighted by atomic mass is 9.93. The van der Waals surface area contributed by atoms with Gasteiger partial charge in [-0.25, -0.2) is 15.0 Å². The summed E-state index contributed by atoms with van der Waals surface area (Å²) in [6, 6.07) is 61.2. The first-order chi connectivity index (χ1) is 25.2. The molecule has 0 radical (unpaired) electrons. The Balaban J connectivity index is 1.12. The average Bonchev–Trinajstić information content (AvgIpc) is 3.60. The maximum atomic E-state index is 6.78. The van der Waals surface area contributed by atoms with Crippen LogP contribution in [0.5, 0.6) is 0 Å². The van der Waals surface area contributed by atoms with Crippen LogP contribution in [0, 0.1) is 0 Å². The van der Waals surface area contributed by atoms with Gasteiger partial charge in [0, 0.05) is 32.8 Å². The molecule has 10 aromatic rings. The third-order valence-corrected chi connectivity index (χ3v) is 9.70. The molecular weight excluding hydrogens is 623 g/mol. The summed E-state index contributed by atoms with van der Waals surface area (Å²) in [5, 5.41) is 6.85. The molecule has 2 heterocycles. The Labute approximate surface area is 294 Å². The Morgan fingerprint density at radius 1 is 0.333 bits per heavy atom. The van der Waals surface area contributed by atoms with E-state index in [0.29, 0.717) is 17.5 Å². The van der Waals surface area contributed by atoms with E-state index in [4.69, 9.17) is 19.4 Å². The van der Waals surface area contributed by atoms with Crippen LogP contribution >= 0.6 is 0 Å². The lowest BCUT2D eigenvalue weighted by Crippen LogP contribution is -2.00. The van der Waals surface area contributed by atoms with Gasteiger partial charge in [0.2, 0.25) is 0 Å². The molecule has 0 atom stereocenters. The molecule has 4 heteroatoms. The number of rotatable bonds is 5. The van der Waals surface area contributed by atoms with Crippen molar-refractivity contribution in [2.75, 3.05) is 0 Å². The molecule has 8 aromatic carbocycles. The topological polar surface area (TPSA) is 51.8 Å². The van der Waals surface area contributed by atoms with E-state index >= 15 is 0 Å². The number of hydrogen-bond donors (Lipinski definition) is 0. The van der Waals surface area contributed by atoms with Crippen LogP contribution in [0.2, 0.25) is 0 Å². The Morgan fingerprint density at radius 3 is 1.59 bits per heavy atom. The van der Waals surface area contributed by atoms with E-state index in [9.17, 15) is 0 Å². The van der Waals surface area contributed by atoms with Gasteiger partial charge in [-0.15, -0.1) is 0 Å². The highest BCUT2D eigenvalue weighted by Crippen LogP contribution is 2.42. The summed E-state index contributed by atoms with van der Waals surface area (Å²) in [5.41, 5.74) is 9.06. The minimum absolute atomic E-state index is 0.597. The first-order valence-electron chi connectivity index (χ1n) is 17.1. The zero-order valence-corrected chi connectivity index (χ0v) is 27.5. The van der Waals surface area contributed by atoms with Gasteiger partial charge in [0.25, 0.3) is 0 Å². The molecular formula is C47H29N3O. The minimum atomic E-state index is 0.597. The predicted molar refractivity (Wildman–Crippen MR) is 209 cm³/mol. The highest BCUT2D eigenvalue weighted by atomic mass is 16.3. The Kier molecular flexibility index (Phi) is 6.78. The second-order valence-electron chi connectivity index (χ2n) is 12.8. The summed E-state index contributed by atoms with van der Waals surface area (Å²) in [6.07, 6.45) is 0. The molecule has 10 rings (SSSR count). The van der Waals surface area contributed by atoms with Crippen LogP contribution in [0.1, 0.15) is 0 Å². The molecule has 0 saturated carbocycles. The van der Waals surface area contributed by atoms with Crippen molar-refractivity contribution in [1.82, 2.24) is 15.0 Å². The minimum Gasteiger partial charge on any atom is -0.455 e. The fraction of sp³-hybridized carbons (Fsp3) is 0. The molecule has 2 aromatic heterocycles. The van der Waals surface area contributed by atoms with Crippen molar-refractivity contribution in [3.05, 3.63) is 176 Å². The third kappa shape index (κ3) is 5.13. The van der Waals surface area contributed by atoms with Crippen LogP contribution < -0.4 is 0 Å². The van der Waals surface area contributed by atoms with Gasteiger partial charge in [-0.3, -0.25) is 0 Å². The van der Waals surface area contributed by atoms with Gasteiger partial charge in [-0.05, 0) is 62.7 Å². The van der Waals surface area contributed by atoms with Crippen molar-refractivity contribution in [2.24, 2.45) is 0 Å². The van der Waals surface area contributed by atoms with Crippen LogP contribution in [0.25, 0.3) is 99.9 Å². The van der Waals surface area contributed by atoms with Crippen molar-refractivity contribution in [1.29, 1.82) is 0 Å². The van der Waals surface area contributed by atoms with E-state index < -0.39 is 0 Å². The average molecular weight is 652 g/mol. The lowest BCUT2D eigenvalue weighted by Gasteiger charge is -2.10. The zero-order chi connectivity index (χ0) is 33.7. The van der Waals surface area contributed by atoms with E-state index in [-0.39, 0.29) is 0 Å². The van der Waals surface area contributed by atoms with Crippen molar-refractivity contribution in [3.63, 3.8) is 0 Å². The van der Waals surface area contributed by atoms with Crippen molar-refractivity contribution in [3.8, 4) is 56.4 Å². The summed E-state index contributed by atoms with van der Waals surface area (Å²) in [7, 11) is 0. The summed E-state index contributed by atoms with van der Waals surface area (Å²) < 4.78 is 6.78. The number of benzene rings is 8. The van der Waals surface area contributed by atoms with Crippen LogP contribution in [0.15, 0.2) is 180 Å². The quantitative estimate of drug-likeness (QED) is 0.186. The first kappa shape index (κ1) is 29.0. The summed E-state index contributed by atoms with van der Waals surface area (Å²) in [4.78, 5) is 14.8. The van der Waals surface area contributed by atoms with Gasteiger partial charge in [-0.1, -0.05) is 152 Å². The SMILES string of the molecule is c1ccc(-c2nc(-c3ccccc3)nc(-c3ccc4c(c3)oc3c5ccccc5cc(-c5ccc(-c6ccc7ccccc7c6)cc5)c43)n2)cc1. The third-order valence-electron chi connectivity index (χ3n) is 9.70. The summed E-state index contributed by atoms with van der Waals surface area (Å²) in [5.74, 6) is 1.86. The number of nitrogens with zero attached hydrogens (tertiary/aromatic N) is 3. The monoisotopic (exact) mass is 651 g/mol. The summed E-state index contributed by atoms with van der Waals surface area (Å²) >= 11 is 0. The van der Waals surface area contributed by atoms with E-state index in [2.05, 4.69) is 115 Å². The number of furan rings is 1. The smallest absolute Gasteiger partial charge is 0.164 e. The van der Waals surface area contributed by atoms with Crippen LogP contribution in [0.4, 0.5) is 0 Å². The number of aromatic nitrogens is 3. The molecule has 51 heavy (non-hydrogen) atoms. The van der Waals surface area contributed by atoms with Crippen LogP contribution in [0.3, 0.4) is 0 Å². The molecule has 0 spiro atoms.